The fraction of sp³-hybridized carbons (Fsp3) is 0.200. The summed E-state index contributed by atoms with van der Waals surface area (Å²) >= 11 is 0. The highest BCUT2D eigenvalue weighted by molar-refractivity contribution is 5.85. The lowest BCUT2D eigenvalue weighted by Gasteiger charge is -1.97. The van der Waals surface area contributed by atoms with Gasteiger partial charge in [-0.05, 0) is 18.1 Å². The molecule has 13 heavy (non-hydrogen) atoms. The van der Waals surface area contributed by atoms with E-state index in [-0.39, 0.29) is 0 Å². The molecule has 0 aliphatic rings. The molecule has 0 saturated carbocycles. The van der Waals surface area contributed by atoms with E-state index < -0.39 is 0 Å². The van der Waals surface area contributed by atoms with Crippen LogP contribution in [0, 0.1) is 0 Å². The number of fused-ring (bicyclic) bond motifs is 1. The molecule has 66 valence electrons. The fourth-order valence-corrected chi connectivity index (χ4v) is 1.35. The van der Waals surface area contributed by atoms with Gasteiger partial charge in [0.05, 0.1) is 17.3 Å². The Labute approximate surface area is 76.0 Å². The molecule has 0 atom stereocenters. The van der Waals surface area contributed by atoms with Crippen molar-refractivity contribution in [3.05, 3.63) is 35.7 Å². The predicted molar refractivity (Wildman–Crippen MR) is 50.0 cm³/mol. The number of rotatable bonds is 2. The number of carbonyl (C=O) groups is 1. The number of aldehydes is 1. The third-order valence-corrected chi connectivity index (χ3v) is 2.14. The van der Waals surface area contributed by atoms with Gasteiger partial charge in [-0.1, -0.05) is 13.0 Å². The minimum Gasteiger partial charge on any atom is -0.298 e. The lowest BCUT2D eigenvalue weighted by Crippen LogP contribution is -1.90. The summed E-state index contributed by atoms with van der Waals surface area (Å²) in [5.41, 5.74) is 2.72. The Morgan fingerprint density at radius 3 is 3.08 bits per heavy atom. The summed E-state index contributed by atoms with van der Waals surface area (Å²) < 4.78 is 1.74. The van der Waals surface area contributed by atoms with Crippen molar-refractivity contribution in [1.29, 1.82) is 0 Å². The van der Waals surface area contributed by atoms with Crippen LogP contribution in [0.25, 0.3) is 5.52 Å². The van der Waals surface area contributed by atoms with Gasteiger partial charge in [-0.2, -0.15) is 5.10 Å². The molecule has 3 heteroatoms. The quantitative estimate of drug-likeness (QED) is 0.649. The van der Waals surface area contributed by atoms with E-state index in [9.17, 15) is 4.79 Å². The molecule has 0 amide bonds. The summed E-state index contributed by atoms with van der Waals surface area (Å²) in [6, 6.07) is 3.94. The van der Waals surface area contributed by atoms with Crippen LogP contribution in [0.2, 0.25) is 0 Å². The molecule has 0 aliphatic heterocycles. The predicted octanol–water partition coefficient (Wildman–Crippen LogP) is 1.71. The van der Waals surface area contributed by atoms with Gasteiger partial charge in [0.1, 0.15) is 0 Å². The van der Waals surface area contributed by atoms with E-state index in [0.29, 0.717) is 5.56 Å². The van der Waals surface area contributed by atoms with Crippen molar-refractivity contribution in [3.63, 3.8) is 0 Å². The first-order valence-corrected chi connectivity index (χ1v) is 4.26. The van der Waals surface area contributed by atoms with Crippen LogP contribution in [0.1, 0.15) is 22.8 Å². The largest absolute Gasteiger partial charge is 0.298 e. The molecule has 0 fully saturated rings. The van der Waals surface area contributed by atoms with Crippen molar-refractivity contribution in [2.24, 2.45) is 0 Å². The average molecular weight is 174 g/mol. The van der Waals surface area contributed by atoms with Crippen molar-refractivity contribution in [2.75, 3.05) is 0 Å². The molecule has 0 aliphatic carbocycles. The second-order valence-electron chi connectivity index (χ2n) is 2.94. The summed E-state index contributed by atoms with van der Waals surface area (Å²) in [6.07, 6.45) is 5.34. The number of hydrogen-bond donors (Lipinski definition) is 0. The first-order valence-electron chi connectivity index (χ1n) is 4.26. The smallest absolute Gasteiger partial charge is 0.153 e. The van der Waals surface area contributed by atoms with Gasteiger partial charge in [0.2, 0.25) is 0 Å². The molecule has 2 heterocycles. The Morgan fingerprint density at radius 2 is 2.38 bits per heavy atom. The van der Waals surface area contributed by atoms with Gasteiger partial charge in [0.15, 0.2) is 6.29 Å². The zero-order valence-corrected chi connectivity index (χ0v) is 7.40. The molecular formula is C10H10N2O. The van der Waals surface area contributed by atoms with Gasteiger partial charge in [-0.15, -0.1) is 0 Å². The van der Waals surface area contributed by atoms with Gasteiger partial charge >= 0.3 is 0 Å². The van der Waals surface area contributed by atoms with Crippen molar-refractivity contribution in [3.8, 4) is 0 Å². The maximum Gasteiger partial charge on any atom is 0.153 e. The van der Waals surface area contributed by atoms with Crippen molar-refractivity contribution < 1.29 is 4.79 Å². The number of nitrogens with zero attached hydrogens (tertiary/aromatic N) is 2. The molecule has 0 radical (unpaired) electrons. The molecule has 0 unspecified atom stereocenters. The van der Waals surface area contributed by atoms with Crippen LogP contribution in [0.5, 0.6) is 0 Å². The molecular weight excluding hydrogens is 164 g/mol. The normalized spacial score (nSPS) is 10.5. The highest BCUT2D eigenvalue weighted by Gasteiger charge is 2.01. The third-order valence-electron chi connectivity index (χ3n) is 2.14. The van der Waals surface area contributed by atoms with Gasteiger partial charge < -0.3 is 0 Å². The molecule has 3 nitrogen and oxygen atoms in total. The Morgan fingerprint density at radius 1 is 1.54 bits per heavy atom. The topological polar surface area (TPSA) is 34.4 Å². The Kier molecular flexibility index (Phi) is 1.85. The SMILES string of the molecule is CCc1ccc2c(C=O)cnn2c1. The van der Waals surface area contributed by atoms with Crippen molar-refractivity contribution in [2.45, 2.75) is 13.3 Å². The monoisotopic (exact) mass is 174 g/mol. The van der Waals surface area contributed by atoms with Crippen LogP contribution in [0.4, 0.5) is 0 Å². The minimum atomic E-state index is 0.641. The van der Waals surface area contributed by atoms with Gasteiger partial charge in [0.25, 0.3) is 0 Å². The number of pyridine rings is 1. The number of hydrogen-bond acceptors (Lipinski definition) is 2. The van der Waals surface area contributed by atoms with Crippen LogP contribution in [0.15, 0.2) is 24.5 Å². The average Bonchev–Trinajstić information content (AvgIpc) is 2.59. The summed E-state index contributed by atoms with van der Waals surface area (Å²) in [5.74, 6) is 0. The zero-order chi connectivity index (χ0) is 9.26. The summed E-state index contributed by atoms with van der Waals surface area (Å²) in [6.45, 7) is 2.09. The molecule has 2 aromatic rings. The standard InChI is InChI=1S/C10H10N2O/c1-2-8-3-4-10-9(7-13)5-11-12(10)6-8/h3-7H,2H2,1H3. The molecule has 0 aromatic carbocycles. The molecule has 2 rings (SSSR count). The molecule has 0 bridgehead atoms. The molecule has 0 saturated heterocycles. The second kappa shape index (κ2) is 3.01. The maximum absolute atomic E-state index is 10.6. The van der Waals surface area contributed by atoms with Crippen LogP contribution in [-0.2, 0) is 6.42 Å². The lowest BCUT2D eigenvalue weighted by atomic mass is 10.2. The first kappa shape index (κ1) is 7.98. The fourth-order valence-electron chi connectivity index (χ4n) is 1.35. The zero-order valence-electron chi connectivity index (χ0n) is 7.40. The minimum absolute atomic E-state index is 0.641. The van der Waals surface area contributed by atoms with Gasteiger partial charge in [0, 0.05) is 6.20 Å². The van der Waals surface area contributed by atoms with E-state index in [1.54, 1.807) is 10.7 Å². The van der Waals surface area contributed by atoms with Crippen LogP contribution in [0.3, 0.4) is 0 Å². The number of carbonyl (C=O) groups excluding carboxylic acids is 1. The van der Waals surface area contributed by atoms with E-state index >= 15 is 0 Å². The van der Waals surface area contributed by atoms with Crippen LogP contribution in [-0.4, -0.2) is 15.9 Å². The maximum atomic E-state index is 10.6. The van der Waals surface area contributed by atoms with E-state index in [4.69, 9.17) is 0 Å². The van der Waals surface area contributed by atoms with E-state index in [0.717, 1.165) is 18.2 Å². The van der Waals surface area contributed by atoms with Crippen molar-refractivity contribution >= 4 is 11.8 Å². The van der Waals surface area contributed by atoms with E-state index in [1.807, 2.05) is 18.3 Å². The highest BCUT2D eigenvalue weighted by Crippen LogP contribution is 2.10. The molecule has 0 spiro atoms. The van der Waals surface area contributed by atoms with Crippen LogP contribution >= 0.6 is 0 Å². The molecule has 0 N–H and O–H groups in total. The summed E-state index contributed by atoms with van der Waals surface area (Å²) in [5, 5.41) is 4.08. The molecule has 2 aromatic heterocycles. The van der Waals surface area contributed by atoms with Crippen LogP contribution < -0.4 is 0 Å². The summed E-state index contributed by atoms with van der Waals surface area (Å²) in [7, 11) is 0. The number of aromatic nitrogens is 2. The summed E-state index contributed by atoms with van der Waals surface area (Å²) in [4.78, 5) is 10.6. The Hall–Kier alpha value is -1.64. The first-order chi connectivity index (χ1) is 6.35. The van der Waals surface area contributed by atoms with E-state index in [1.165, 1.54) is 5.56 Å². The highest BCUT2D eigenvalue weighted by atomic mass is 16.1. The lowest BCUT2D eigenvalue weighted by molar-refractivity contribution is 0.112. The van der Waals surface area contributed by atoms with Gasteiger partial charge in [-0.25, -0.2) is 4.52 Å². The van der Waals surface area contributed by atoms with E-state index in [2.05, 4.69) is 12.0 Å². The van der Waals surface area contributed by atoms with Gasteiger partial charge in [-0.3, -0.25) is 4.79 Å². The van der Waals surface area contributed by atoms with Crippen molar-refractivity contribution in [1.82, 2.24) is 9.61 Å². The Bertz CT molecular complexity index is 445. The second-order valence-corrected chi connectivity index (χ2v) is 2.94. The number of aryl methyl sites for hydroxylation is 1. The Balaban J connectivity index is 2.67. The third kappa shape index (κ3) is 1.22.